The van der Waals surface area contributed by atoms with Gasteiger partial charge in [0, 0.05) is 19.3 Å². The molecule has 3 aliphatic heterocycles. The summed E-state index contributed by atoms with van der Waals surface area (Å²) in [6, 6.07) is 15.3. The number of rotatable bonds is 5. The van der Waals surface area contributed by atoms with Gasteiger partial charge < -0.3 is 15.6 Å². The number of alkyl halides is 3. The summed E-state index contributed by atoms with van der Waals surface area (Å²) in [5.41, 5.74) is 5.02. The predicted molar refractivity (Wildman–Crippen MR) is 129 cm³/mol. The molecule has 2 aromatic carbocycles. The summed E-state index contributed by atoms with van der Waals surface area (Å²) < 4.78 is 38.9. The molecule has 7 nitrogen and oxygen atoms in total. The van der Waals surface area contributed by atoms with Gasteiger partial charge in [-0.15, -0.1) is 0 Å². The Morgan fingerprint density at radius 2 is 1.83 bits per heavy atom. The molecule has 4 aliphatic rings. The van der Waals surface area contributed by atoms with Crippen LogP contribution in [-0.4, -0.2) is 58.5 Å². The van der Waals surface area contributed by atoms with Crippen LogP contribution in [0.1, 0.15) is 30.4 Å². The average molecular weight is 497 g/mol. The van der Waals surface area contributed by atoms with Gasteiger partial charge in [-0.25, -0.2) is 4.99 Å². The molecule has 1 aliphatic carbocycles. The van der Waals surface area contributed by atoms with E-state index in [0.29, 0.717) is 30.3 Å². The number of carbonyl (C=O) groups excluding carboxylic acids is 1. The monoisotopic (exact) mass is 496 g/mol. The maximum Gasteiger partial charge on any atom is 0.416 e. The Labute approximate surface area is 207 Å². The highest BCUT2D eigenvalue weighted by Gasteiger charge is 2.55. The van der Waals surface area contributed by atoms with Crippen molar-refractivity contribution in [1.29, 1.82) is 0 Å². The molecule has 2 fully saturated rings. The lowest BCUT2D eigenvalue weighted by atomic mass is 10.0. The summed E-state index contributed by atoms with van der Waals surface area (Å²) in [6.07, 6.45) is -1.07. The Hall–Kier alpha value is -3.53. The predicted octanol–water partition coefficient (Wildman–Crippen LogP) is 3.78. The van der Waals surface area contributed by atoms with E-state index in [0.717, 1.165) is 42.6 Å². The number of guanidine groups is 1. The van der Waals surface area contributed by atoms with Crippen LogP contribution in [0.15, 0.2) is 71.0 Å². The number of carbonyl (C=O) groups is 1. The molecule has 3 atom stereocenters. The average Bonchev–Trinajstić information content (AvgIpc) is 3.55. The third-order valence-electron chi connectivity index (χ3n) is 7.46. The largest absolute Gasteiger partial charge is 0.416 e. The van der Waals surface area contributed by atoms with Crippen LogP contribution in [-0.2, 0) is 17.4 Å². The summed E-state index contributed by atoms with van der Waals surface area (Å²) in [4.78, 5) is 22.4. The van der Waals surface area contributed by atoms with Gasteiger partial charge in [-0.1, -0.05) is 30.3 Å². The highest BCUT2D eigenvalue weighted by atomic mass is 19.4. The zero-order valence-corrected chi connectivity index (χ0v) is 19.8. The highest BCUT2D eigenvalue weighted by molar-refractivity contribution is 6.10. The molecule has 2 N–H and O–H groups in total. The van der Waals surface area contributed by atoms with Gasteiger partial charge in [-0.05, 0) is 55.5 Å². The lowest BCUT2D eigenvalue weighted by molar-refractivity contribution is -0.137. The molecular formula is C26H27F3N6O. The number of aliphatic imine (C=N–C) groups is 1. The first-order valence-electron chi connectivity index (χ1n) is 12.2. The summed E-state index contributed by atoms with van der Waals surface area (Å²) >= 11 is 0. The topological polar surface area (TPSA) is 63.2 Å². The van der Waals surface area contributed by atoms with Crippen LogP contribution in [0.3, 0.4) is 0 Å². The second-order valence-electron chi connectivity index (χ2n) is 9.67. The molecule has 3 heterocycles. The number of benzene rings is 2. The molecular weight excluding hydrogens is 469 g/mol. The van der Waals surface area contributed by atoms with E-state index >= 15 is 0 Å². The van der Waals surface area contributed by atoms with Crippen molar-refractivity contribution < 1.29 is 18.0 Å². The fourth-order valence-corrected chi connectivity index (χ4v) is 5.69. The first kappa shape index (κ1) is 22.9. The zero-order chi connectivity index (χ0) is 25.0. The Kier molecular flexibility index (Phi) is 5.44. The smallest absolute Gasteiger partial charge is 0.341 e. The van der Waals surface area contributed by atoms with E-state index in [-0.39, 0.29) is 24.2 Å². The minimum atomic E-state index is -4.36. The van der Waals surface area contributed by atoms with Crippen LogP contribution in [0.5, 0.6) is 0 Å². The van der Waals surface area contributed by atoms with Crippen molar-refractivity contribution in [2.45, 2.75) is 50.1 Å². The molecule has 1 amide bonds. The molecule has 1 saturated carbocycles. The molecule has 10 heteroatoms. The molecule has 2 aromatic rings. The van der Waals surface area contributed by atoms with Gasteiger partial charge in [0.15, 0.2) is 0 Å². The molecule has 1 saturated heterocycles. The molecule has 1 unspecified atom stereocenters. The molecule has 0 spiro atoms. The standard InChI is InChI=1S/C26H27F3N6O/c1-33-24(36)21-22(30-18-6-3-2-4-7-18)32-34(15-14-16-10-12-17(13-11-16)26(27,28)29)23(21)35-20-9-5-8-19(20)31-25(33)35/h2-4,6-7,10-13,19-20,23,30,32H,5,8-9,14-15H2,1H3/t19-,20+,23?/m1/s1. The molecule has 0 radical (unpaired) electrons. The van der Waals surface area contributed by atoms with Gasteiger partial charge in [-0.2, -0.15) is 18.2 Å². The Balaban J connectivity index is 1.30. The second kappa shape index (κ2) is 8.55. The van der Waals surface area contributed by atoms with Crippen molar-refractivity contribution >= 4 is 17.6 Å². The van der Waals surface area contributed by atoms with Crippen molar-refractivity contribution in [3.05, 3.63) is 77.1 Å². The lowest BCUT2D eigenvalue weighted by Gasteiger charge is -2.44. The highest BCUT2D eigenvalue weighted by Crippen LogP contribution is 2.41. The number of halogens is 3. The minimum absolute atomic E-state index is 0.113. The van der Waals surface area contributed by atoms with Gasteiger partial charge >= 0.3 is 6.18 Å². The van der Waals surface area contributed by atoms with Crippen molar-refractivity contribution in [2.75, 3.05) is 18.9 Å². The first-order valence-corrected chi connectivity index (χ1v) is 12.2. The van der Waals surface area contributed by atoms with E-state index in [2.05, 4.69) is 15.6 Å². The Morgan fingerprint density at radius 3 is 2.56 bits per heavy atom. The van der Waals surface area contributed by atoms with Crippen LogP contribution >= 0.6 is 0 Å². The fraction of sp³-hybridized carbons (Fsp3) is 0.385. The number of para-hydroxylation sites is 1. The van der Waals surface area contributed by atoms with Crippen molar-refractivity contribution in [3.63, 3.8) is 0 Å². The number of anilines is 1. The number of amides is 1. The van der Waals surface area contributed by atoms with E-state index < -0.39 is 11.7 Å². The summed E-state index contributed by atoms with van der Waals surface area (Å²) in [6.45, 7) is 0.498. The van der Waals surface area contributed by atoms with Crippen LogP contribution in [0.2, 0.25) is 0 Å². The summed E-state index contributed by atoms with van der Waals surface area (Å²) in [5.74, 6) is 1.21. The Morgan fingerprint density at radius 1 is 1.08 bits per heavy atom. The molecule has 0 aromatic heterocycles. The van der Waals surface area contributed by atoms with Crippen LogP contribution in [0.4, 0.5) is 18.9 Å². The number of likely N-dealkylation sites (N-methyl/N-ethyl adjacent to an activating group) is 1. The SMILES string of the molecule is CN1C(=O)C2=C(Nc3ccccc3)NN(CCc3ccc(C(F)(F)F)cc3)C2N2C1=N[C@@H]1CCC[C@@H]12. The molecule has 6 rings (SSSR count). The van der Waals surface area contributed by atoms with Gasteiger partial charge in [0.2, 0.25) is 5.96 Å². The number of hydrogen-bond acceptors (Lipinski definition) is 6. The summed E-state index contributed by atoms with van der Waals surface area (Å²) in [5, 5.41) is 5.38. The Bertz CT molecular complexity index is 1230. The summed E-state index contributed by atoms with van der Waals surface area (Å²) in [7, 11) is 1.77. The number of hydrogen-bond donors (Lipinski definition) is 2. The first-order chi connectivity index (χ1) is 17.3. The molecule has 0 bridgehead atoms. The normalized spacial score (nSPS) is 25.5. The van der Waals surface area contributed by atoms with E-state index in [1.807, 2.05) is 35.3 Å². The van der Waals surface area contributed by atoms with Crippen LogP contribution in [0.25, 0.3) is 0 Å². The maximum atomic E-state index is 13.6. The number of nitrogens with zero attached hydrogens (tertiary/aromatic N) is 4. The zero-order valence-electron chi connectivity index (χ0n) is 19.8. The van der Waals surface area contributed by atoms with Crippen molar-refractivity contribution in [1.82, 2.24) is 20.2 Å². The quantitative estimate of drug-likeness (QED) is 0.660. The molecule has 188 valence electrons. The maximum absolute atomic E-state index is 13.6. The third-order valence-corrected chi connectivity index (χ3v) is 7.46. The van der Waals surface area contributed by atoms with Gasteiger partial charge in [-0.3, -0.25) is 9.69 Å². The lowest BCUT2D eigenvalue weighted by Crippen LogP contribution is -2.63. The van der Waals surface area contributed by atoms with Gasteiger partial charge in [0.25, 0.3) is 5.91 Å². The van der Waals surface area contributed by atoms with E-state index in [1.54, 1.807) is 11.9 Å². The number of hydrazine groups is 1. The van der Waals surface area contributed by atoms with Crippen LogP contribution in [0, 0.1) is 0 Å². The minimum Gasteiger partial charge on any atom is -0.341 e. The van der Waals surface area contributed by atoms with Gasteiger partial charge in [0.1, 0.15) is 12.0 Å². The van der Waals surface area contributed by atoms with Crippen molar-refractivity contribution in [2.24, 2.45) is 4.99 Å². The van der Waals surface area contributed by atoms with Gasteiger partial charge in [0.05, 0.1) is 23.2 Å². The third kappa shape index (κ3) is 3.80. The fourth-order valence-electron chi connectivity index (χ4n) is 5.69. The van der Waals surface area contributed by atoms with Crippen molar-refractivity contribution in [3.8, 4) is 0 Å². The molecule has 36 heavy (non-hydrogen) atoms. The number of fused-ring (bicyclic) bond motifs is 5. The van der Waals surface area contributed by atoms with Crippen LogP contribution < -0.4 is 10.7 Å². The number of nitrogens with one attached hydrogen (secondary N) is 2. The second-order valence-corrected chi connectivity index (χ2v) is 9.67. The van der Waals surface area contributed by atoms with E-state index in [4.69, 9.17) is 4.99 Å². The van der Waals surface area contributed by atoms with E-state index in [1.165, 1.54) is 12.1 Å². The van der Waals surface area contributed by atoms with E-state index in [9.17, 15) is 18.0 Å².